The molecule has 8 heteroatoms. The molecule has 6 nitrogen and oxygen atoms in total. The molecule has 0 fully saturated rings. The molecule has 0 saturated heterocycles. The maximum absolute atomic E-state index is 14.0. The molecule has 124 valence electrons. The topological polar surface area (TPSA) is 72.7 Å². The number of thiazole rings is 1. The van der Waals surface area contributed by atoms with Crippen LogP contribution in [0.2, 0.25) is 0 Å². The molecule has 3 aromatic rings. The molecule has 0 radical (unpaired) electrons. The monoisotopic (exact) mass is 347 g/mol. The summed E-state index contributed by atoms with van der Waals surface area (Å²) >= 11 is 1.24. The minimum atomic E-state index is -0.671. The molecule has 24 heavy (non-hydrogen) atoms. The number of aryl methyl sites for hydroxylation is 1. The number of methoxy groups -OCH3 is 1. The first kappa shape index (κ1) is 16.1. The summed E-state index contributed by atoms with van der Waals surface area (Å²) in [7, 11) is 1.21. The van der Waals surface area contributed by atoms with Gasteiger partial charge in [0.2, 0.25) is 0 Å². The Morgan fingerprint density at radius 3 is 2.75 bits per heavy atom. The van der Waals surface area contributed by atoms with Crippen LogP contribution in [0.5, 0.6) is 0 Å². The number of imidazole rings is 1. The van der Waals surface area contributed by atoms with Crippen molar-refractivity contribution in [1.82, 2.24) is 9.38 Å². The second-order valence-electron chi connectivity index (χ2n) is 5.17. The van der Waals surface area contributed by atoms with E-state index < -0.39 is 11.8 Å². The van der Waals surface area contributed by atoms with Crippen LogP contribution in [-0.4, -0.2) is 28.4 Å². The zero-order chi connectivity index (χ0) is 17.4. The Morgan fingerprint density at radius 2 is 2.08 bits per heavy atom. The van der Waals surface area contributed by atoms with E-state index in [2.05, 4.69) is 15.0 Å². The molecule has 0 atom stereocenters. The van der Waals surface area contributed by atoms with Crippen LogP contribution >= 0.6 is 11.3 Å². The number of rotatable bonds is 3. The third kappa shape index (κ3) is 2.65. The number of anilines is 1. The molecule has 2 aromatic heterocycles. The summed E-state index contributed by atoms with van der Waals surface area (Å²) in [6.45, 7) is 3.33. The van der Waals surface area contributed by atoms with Crippen LogP contribution in [-0.2, 0) is 4.74 Å². The van der Waals surface area contributed by atoms with Crippen LogP contribution in [0.1, 0.15) is 31.3 Å². The van der Waals surface area contributed by atoms with Crippen molar-refractivity contribution in [3.05, 3.63) is 52.0 Å². The molecule has 0 bridgehead atoms. The minimum Gasteiger partial charge on any atom is -0.465 e. The van der Waals surface area contributed by atoms with E-state index in [4.69, 9.17) is 0 Å². The summed E-state index contributed by atoms with van der Waals surface area (Å²) in [6, 6.07) is 2.48. The minimum absolute atomic E-state index is 0.0357. The van der Waals surface area contributed by atoms with Crippen molar-refractivity contribution in [3.8, 4) is 0 Å². The lowest BCUT2D eigenvalue weighted by Gasteiger charge is -2.11. The van der Waals surface area contributed by atoms with E-state index in [1.54, 1.807) is 23.7 Å². The van der Waals surface area contributed by atoms with E-state index in [1.807, 2.05) is 0 Å². The second kappa shape index (κ2) is 6.04. The predicted octanol–water partition coefficient (Wildman–Crippen LogP) is 3.19. The Bertz CT molecular complexity index is 961. The molecule has 3 rings (SSSR count). The molecule has 0 aliphatic carbocycles. The van der Waals surface area contributed by atoms with Gasteiger partial charge in [0.1, 0.15) is 10.7 Å². The Hall–Kier alpha value is -2.74. The van der Waals surface area contributed by atoms with Crippen LogP contribution in [0, 0.1) is 19.7 Å². The molecule has 0 unspecified atom stereocenters. The van der Waals surface area contributed by atoms with E-state index in [1.165, 1.54) is 31.4 Å². The number of carbonyl (C=O) groups is 2. The number of fused-ring (bicyclic) bond motifs is 1. The van der Waals surface area contributed by atoms with Gasteiger partial charge in [-0.2, -0.15) is 0 Å². The highest BCUT2D eigenvalue weighted by atomic mass is 32.1. The number of hydrogen-bond donors (Lipinski definition) is 1. The Kier molecular flexibility index (Phi) is 4.06. The normalized spacial score (nSPS) is 10.8. The van der Waals surface area contributed by atoms with Crippen molar-refractivity contribution in [3.63, 3.8) is 0 Å². The zero-order valence-electron chi connectivity index (χ0n) is 13.2. The van der Waals surface area contributed by atoms with Gasteiger partial charge in [0.15, 0.2) is 4.96 Å². The smallest absolute Gasteiger partial charge is 0.338 e. The van der Waals surface area contributed by atoms with Gasteiger partial charge in [-0.3, -0.25) is 9.20 Å². The van der Waals surface area contributed by atoms with E-state index in [0.29, 0.717) is 9.84 Å². The molecule has 0 aliphatic heterocycles. The van der Waals surface area contributed by atoms with Crippen LogP contribution in [0.4, 0.5) is 10.1 Å². The summed E-state index contributed by atoms with van der Waals surface area (Å²) in [4.78, 5) is 29.5. The van der Waals surface area contributed by atoms with Gasteiger partial charge in [0.25, 0.3) is 5.91 Å². The average molecular weight is 347 g/mol. The maximum Gasteiger partial charge on any atom is 0.338 e. The highest BCUT2D eigenvalue weighted by Gasteiger charge is 2.19. The van der Waals surface area contributed by atoms with Gasteiger partial charge < -0.3 is 10.1 Å². The van der Waals surface area contributed by atoms with Crippen LogP contribution in [0.25, 0.3) is 4.96 Å². The van der Waals surface area contributed by atoms with Crippen molar-refractivity contribution >= 4 is 33.9 Å². The van der Waals surface area contributed by atoms with Crippen LogP contribution in [0.15, 0.2) is 24.5 Å². The Morgan fingerprint density at radius 1 is 1.33 bits per heavy atom. The van der Waals surface area contributed by atoms with Gasteiger partial charge in [0, 0.05) is 29.3 Å². The van der Waals surface area contributed by atoms with E-state index in [0.717, 1.165) is 11.8 Å². The summed E-state index contributed by atoms with van der Waals surface area (Å²) in [5.41, 5.74) is 1.25. The van der Waals surface area contributed by atoms with Gasteiger partial charge in [-0.1, -0.05) is 11.3 Å². The molecule has 0 aliphatic rings. The number of esters is 1. The second-order valence-corrected chi connectivity index (χ2v) is 6.15. The number of amides is 1. The van der Waals surface area contributed by atoms with Crippen molar-refractivity contribution < 1.29 is 18.7 Å². The fraction of sp³-hybridized carbons (Fsp3) is 0.188. The number of aromatic nitrogens is 2. The lowest BCUT2D eigenvalue weighted by atomic mass is 10.1. The van der Waals surface area contributed by atoms with Crippen molar-refractivity contribution in [2.24, 2.45) is 0 Å². The third-order valence-corrected chi connectivity index (χ3v) is 4.88. The standard InChI is InChI=1S/C16H14FN3O3S/c1-8-11(17)6-10(15(22)23-3)7-12(8)19-14(21)13-9(2)20-5-4-18-16(20)24-13/h4-7H,1-3H3,(H,19,21). The first-order valence-electron chi connectivity index (χ1n) is 7.04. The molecule has 0 saturated carbocycles. The number of hydrogen-bond acceptors (Lipinski definition) is 5. The number of benzene rings is 1. The van der Waals surface area contributed by atoms with E-state index in [-0.39, 0.29) is 22.7 Å². The molecule has 1 amide bonds. The molecular formula is C16H14FN3O3S. The average Bonchev–Trinajstić information content (AvgIpc) is 3.14. The Labute approximate surface area is 140 Å². The number of nitrogens with one attached hydrogen (secondary N) is 1. The molecule has 1 aromatic carbocycles. The quantitative estimate of drug-likeness (QED) is 0.739. The number of halogens is 1. The summed E-state index contributed by atoms with van der Waals surface area (Å²) < 4.78 is 20.4. The van der Waals surface area contributed by atoms with Gasteiger partial charge in [-0.15, -0.1) is 0 Å². The fourth-order valence-electron chi connectivity index (χ4n) is 2.33. The maximum atomic E-state index is 14.0. The lowest BCUT2D eigenvalue weighted by molar-refractivity contribution is 0.0600. The van der Waals surface area contributed by atoms with Gasteiger partial charge in [-0.05, 0) is 26.0 Å². The number of ether oxygens (including phenoxy) is 1. The van der Waals surface area contributed by atoms with Crippen molar-refractivity contribution in [1.29, 1.82) is 0 Å². The molecular weight excluding hydrogens is 333 g/mol. The summed E-state index contributed by atoms with van der Waals surface area (Å²) in [5.74, 6) is -1.64. The van der Waals surface area contributed by atoms with Gasteiger partial charge >= 0.3 is 5.97 Å². The van der Waals surface area contributed by atoms with Gasteiger partial charge in [-0.25, -0.2) is 14.2 Å². The SMILES string of the molecule is COC(=O)c1cc(F)c(C)c(NC(=O)c2sc3nccn3c2C)c1. The first-order chi connectivity index (χ1) is 11.4. The number of carbonyl (C=O) groups excluding carboxylic acids is 2. The van der Waals surface area contributed by atoms with E-state index >= 15 is 0 Å². The van der Waals surface area contributed by atoms with E-state index in [9.17, 15) is 14.0 Å². The van der Waals surface area contributed by atoms with Crippen LogP contribution in [0.3, 0.4) is 0 Å². The Balaban J connectivity index is 1.96. The highest BCUT2D eigenvalue weighted by molar-refractivity contribution is 7.19. The summed E-state index contributed by atoms with van der Waals surface area (Å²) in [6.07, 6.45) is 3.42. The summed E-state index contributed by atoms with van der Waals surface area (Å²) in [5, 5.41) is 2.66. The lowest BCUT2D eigenvalue weighted by Crippen LogP contribution is -2.14. The third-order valence-electron chi connectivity index (χ3n) is 3.71. The molecule has 2 heterocycles. The highest BCUT2D eigenvalue weighted by Crippen LogP contribution is 2.25. The fourth-order valence-corrected chi connectivity index (χ4v) is 3.31. The van der Waals surface area contributed by atoms with Gasteiger partial charge in [0.05, 0.1) is 12.7 Å². The van der Waals surface area contributed by atoms with Crippen molar-refractivity contribution in [2.45, 2.75) is 13.8 Å². The molecule has 1 N–H and O–H groups in total. The number of nitrogens with zero attached hydrogens (tertiary/aromatic N) is 2. The first-order valence-corrected chi connectivity index (χ1v) is 7.86. The molecule has 0 spiro atoms. The largest absolute Gasteiger partial charge is 0.465 e. The van der Waals surface area contributed by atoms with Crippen LogP contribution < -0.4 is 5.32 Å². The zero-order valence-corrected chi connectivity index (χ0v) is 14.0. The van der Waals surface area contributed by atoms with Crippen molar-refractivity contribution in [2.75, 3.05) is 12.4 Å². The predicted molar refractivity (Wildman–Crippen MR) is 88.2 cm³/mol.